The maximum atomic E-state index is 12.3. The number of carbonyl (C=O) groups excluding carboxylic acids is 2. The molecule has 8 heteroatoms. The highest BCUT2D eigenvalue weighted by Crippen LogP contribution is 2.13. The lowest BCUT2D eigenvalue weighted by Crippen LogP contribution is -2.29. The number of aliphatic imine (C=N–C) groups is 1. The number of benzene rings is 2. The molecule has 0 unspecified atom stereocenters. The molecule has 0 radical (unpaired) electrons. The summed E-state index contributed by atoms with van der Waals surface area (Å²) >= 11 is 5.85. The number of hydrogen-bond acceptors (Lipinski definition) is 5. The van der Waals surface area contributed by atoms with Crippen molar-refractivity contribution >= 4 is 46.5 Å². The summed E-state index contributed by atoms with van der Waals surface area (Å²) in [5.41, 5.74) is 4.12. The highest BCUT2D eigenvalue weighted by atomic mass is 35.5. The van der Waals surface area contributed by atoms with Gasteiger partial charge >= 0.3 is 6.16 Å². The van der Waals surface area contributed by atoms with Crippen molar-refractivity contribution in [3.8, 4) is 0 Å². The van der Waals surface area contributed by atoms with Gasteiger partial charge in [0.05, 0.1) is 12.6 Å². The Bertz CT molecular complexity index is 1090. The van der Waals surface area contributed by atoms with Crippen molar-refractivity contribution in [3.05, 3.63) is 83.0 Å². The van der Waals surface area contributed by atoms with Crippen LogP contribution in [0.25, 0.3) is 17.0 Å². The molecule has 0 saturated heterocycles. The standard InChI is InChI=1S/C21H16ClN3O4/c1-28-21(27)29-25-20(18-12-9-15-4-2-3-5-17(15)23-18)24-19(26)13-8-14-6-10-16(22)11-7-14/h2-13H,1H3,(H,24,25,26). The lowest BCUT2D eigenvalue weighted by atomic mass is 10.2. The number of carbonyl (C=O) groups is 2. The molecule has 0 aliphatic rings. The Kier molecular flexibility index (Phi) is 6.55. The van der Waals surface area contributed by atoms with E-state index in [9.17, 15) is 9.59 Å². The third-order valence-electron chi connectivity index (χ3n) is 3.75. The van der Waals surface area contributed by atoms with Gasteiger partial charge in [-0.25, -0.2) is 9.78 Å². The van der Waals surface area contributed by atoms with Gasteiger partial charge < -0.3 is 9.57 Å². The van der Waals surface area contributed by atoms with Gasteiger partial charge in [0.1, 0.15) is 5.69 Å². The number of para-hydroxylation sites is 1. The van der Waals surface area contributed by atoms with Gasteiger partial charge in [0.15, 0.2) is 5.84 Å². The molecule has 1 aromatic heterocycles. The molecule has 3 rings (SSSR count). The van der Waals surface area contributed by atoms with E-state index in [1.54, 1.807) is 36.4 Å². The Morgan fingerprint density at radius 1 is 1.07 bits per heavy atom. The first-order chi connectivity index (χ1) is 14.0. The zero-order chi connectivity index (χ0) is 20.6. The highest BCUT2D eigenvalue weighted by Gasteiger charge is 2.11. The summed E-state index contributed by atoms with van der Waals surface area (Å²) in [6.07, 6.45) is 1.89. The lowest BCUT2D eigenvalue weighted by Gasteiger charge is -2.08. The summed E-state index contributed by atoms with van der Waals surface area (Å²) in [5.74, 6) is -0.613. The summed E-state index contributed by atoms with van der Waals surface area (Å²) in [5, 5.41) is 1.51. The molecule has 0 aliphatic carbocycles. The van der Waals surface area contributed by atoms with Crippen LogP contribution in [0.4, 0.5) is 4.79 Å². The SMILES string of the molecule is COC(=O)ON/C(=N/C(=O)C=Cc1ccc(Cl)cc1)c1ccc2ccccc2n1. The van der Waals surface area contributed by atoms with Gasteiger partial charge in [0.25, 0.3) is 5.91 Å². The van der Waals surface area contributed by atoms with Crippen LogP contribution in [0, 0.1) is 0 Å². The first kappa shape index (κ1) is 20.0. The Hall–Kier alpha value is -3.71. The van der Waals surface area contributed by atoms with Gasteiger partial charge in [-0.3, -0.25) is 4.79 Å². The topological polar surface area (TPSA) is 89.9 Å². The largest absolute Gasteiger partial charge is 0.532 e. The molecule has 0 fully saturated rings. The van der Waals surface area contributed by atoms with E-state index in [-0.39, 0.29) is 5.84 Å². The maximum absolute atomic E-state index is 12.3. The van der Waals surface area contributed by atoms with E-state index in [0.717, 1.165) is 18.1 Å². The molecular weight excluding hydrogens is 394 g/mol. The van der Waals surface area contributed by atoms with E-state index >= 15 is 0 Å². The number of amidine groups is 1. The number of halogens is 1. The maximum Gasteiger partial charge on any atom is 0.532 e. The van der Waals surface area contributed by atoms with Crippen LogP contribution in [0.5, 0.6) is 0 Å². The van der Waals surface area contributed by atoms with Gasteiger partial charge in [0.2, 0.25) is 0 Å². The Labute approximate surface area is 171 Å². The van der Waals surface area contributed by atoms with Gasteiger partial charge in [-0.05, 0) is 35.9 Å². The van der Waals surface area contributed by atoms with Crippen LogP contribution in [0.1, 0.15) is 11.3 Å². The molecule has 0 saturated carbocycles. The predicted octanol–water partition coefficient (Wildman–Crippen LogP) is 4.16. The third-order valence-corrected chi connectivity index (χ3v) is 4.00. The molecule has 0 aliphatic heterocycles. The summed E-state index contributed by atoms with van der Waals surface area (Å²) in [6.45, 7) is 0. The molecule has 2 aromatic carbocycles. The number of fused-ring (bicyclic) bond motifs is 1. The number of nitrogens with zero attached hydrogens (tertiary/aromatic N) is 2. The fourth-order valence-corrected chi connectivity index (χ4v) is 2.48. The van der Waals surface area contributed by atoms with Crippen molar-refractivity contribution in [2.24, 2.45) is 4.99 Å². The summed E-state index contributed by atoms with van der Waals surface area (Å²) < 4.78 is 4.42. The Balaban J connectivity index is 1.87. The molecule has 1 amide bonds. The minimum absolute atomic E-state index is 0.0353. The fourth-order valence-electron chi connectivity index (χ4n) is 2.35. The van der Waals surface area contributed by atoms with Crippen LogP contribution >= 0.6 is 11.6 Å². The first-order valence-corrected chi connectivity index (χ1v) is 8.86. The fraction of sp³-hybridized carbons (Fsp3) is 0.0476. The zero-order valence-corrected chi connectivity index (χ0v) is 16.1. The van der Waals surface area contributed by atoms with Crippen LogP contribution in [-0.2, 0) is 14.4 Å². The first-order valence-electron chi connectivity index (χ1n) is 8.48. The smallest absolute Gasteiger partial charge is 0.436 e. The second-order valence-electron chi connectivity index (χ2n) is 5.73. The Morgan fingerprint density at radius 2 is 1.83 bits per heavy atom. The van der Waals surface area contributed by atoms with Crippen molar-refractivity contribution in [2.75, 3.05) is 7.11 Å². The third kappa shape index (κ3) is 5.63. The van der Waals surface area contributed by atoms with Crippen molar-refractivity contribution in [1.82, 2.24) is 10.5 Å². The van der Waals surface area contributed by atoms with Crippen molar-refractivity contribution in [3.63, 3.8) is 0 Å². The normalized spacial score (nSPS) is 11.4. The van der Waals surface area contributed by atoms with Gasteiger partial charge in [-0.2, -0.15) is 10.5 Å². The van der Waals surface area contributed by atoms with Crippen LogP contribution in [0.15, 0.2) is 71.7 Å². The van der Waals surface area contributed by atoms with Crippen LogP contribution in [-0.4, -0.2) is 30.0 Å². The molecular formula is C21H16ClN3O4. The number of rotatable bonds is 3. The number of hydroxylamine groups is 1. The summed E-state index contributed by atoms with van der Waals surface area (Å²) in [6, 6.07) is 17.9. The summed E-state index contributed by atoms with van der Waals surface area (Å²) in [4.78, 5) is 36.7. The van der Waals surface area contributed by atoms with Crippen molar-refractivity contribution in [2.45, 2.75) is 0 Å². The molecule has 146 valence electrons. The molecule has 7 nitrogen and oxygen atoms in total. The predicted molar refractivity (Wildman–Crippen MR) is 110 cm³/mol. The minimum Gasteiger partial charge on any atom is -0.436 e. The molecule has 0 spiro atoms. The van der Waals surface area contributed by atoms with Crippen LogP contribution in [0.3, 0.4) is 0 Å². The van der Waals surface area contributed by atoms with Gasteiger partial charge in [-0.1, -0.05) is 48.0 Å². The number of methoxy groups -OCH3 is 1. The van der Waals surface area contributed by atoms with Crippen LogP contribution in [0.2, 0.25) is 5.02 Å². The molecule has 0 atom stereocenters. The van der Waals surface area contributed by atoms with E-state index in [1.165, 1.54) is 6.08 Å². The van der Waals surface area contributed by atoms with E-state index < -0.39 is 12.1 Å². The molecule has 0 bridgehead atoms. The lowest BCUT2D eigenvalue weighted by molar-refractivity contribution is -0.113. The average Bonchev–Trinajstić information content (AvgIpc) is 2.75. The second kappa shape index (κ2) is 9.48. The van der Waals surface area contributed by atoms with Crippen molar-refractivity contribution < 1.29 is 19.2 Å². The number of hydrogen-bond donors (Lipinski definition) is 1. The van der Waals surface area contributed by atoms with Gasteiger partial charge in [0, 0.05) is 16.5 Å². The Morgan fingerprint density at radius 3 is 2.59 bits per heavy atom. The number of pyridine rings is 1. The van der Waals surface area contributed by atoms with E-state index in [4.69, 9.17) is 16.4 Å². The number of ether oxygens (including phenoxy) is 1. The van der Waals surface area contributed by atoms with E-state index in [2.05, 4.69) is 20.2 Å². The molecule has 29 heavy (non-hydrogen) atoms. The van der Waals surface area contributed by atoms with E-state index in [0.29, 0.717) is 16.2 Å². The quantitative estimate of drug-likeness (QED) is 0.230. The monoisotopic (exact) mass is 409 g/mol. The van der Waals surface area contributed by atoms with Crippen LogP contribution < -0.4 is 5.48 Å². The molecule has 1 heterocycles. The average molecular weight is 410 g/mol. The number of nitrogens with one attached hydrogen (secondary N) is 1. The number of aromatic nitrogens is 1. The molecule has 3 aromatic rings. The highest BCUT2D eigenvalue weighted by molar-refractivity contribution is 6.30. The van der Waals surface area contributed by atoms with Crippen molar-refractivity contribution in [1.29, 1.82) is 0 Å². The second-order valence-corrected chi connectivity index (χ2v) is 6.17. The summed E-state index contributed by atoms with van der Waals surface area (Å²) in [7, 11) is 1.16. The van der Waals surface area contributed by atoms with Gasteiger partial charge in [-0.15, -0.1) is 0 Å². The number of amides is 1. The van der Waals surface area contributed by atoms with E-state index in [1.807, 2.05) is 30.3 Å². The minimum atomic E-state index is -0.984. The molecule has 1 N–H and O–H groups in total. The zero-order valence-electron chi connectivity index (χ0n) is 15.3.